The number of pyridine rings is 1. The first-order valence-electron chi connectivity index (χ1n) is 9.40. The van der Waals surface area contributed by atoms with Gasteiger partial charge >= 0.3 is 0 Å². The van der Waals surface area contributed by atoms with E-state index in [0.717, 1.165) is 30.2 Å². The Labute approximate surface area is 156 Å². The second-order valence-electron chi connectivity index (χ2n) is 7.05. The monoisotopic (exact) mass is 352 g/mol. The number of anilines is 3. The summed E-state index contributed by atoms with van der Waals surface area (Å²) >= 11 is 0. The van der Waals surface area contributed by atoms with Crippen LogP contribution in [0.5, 0.6) is 0 Å². The van der Waals surface area contributed by atoms with Crippen molar-refractivity contribution in [3.05, 3.63) is 48.2 Å². The third-order valence-electron chi connectivity index (χ3n) is 5.04. The van der Waals surface area contributed by atoms with E-state index in [4.69, 9.17) is 0 Å². The van der Waals surface area contributed by atoms with Crippen molar-refractivity contribution in [1.82, 2.24) is 4.98 Å². The van der Waals surface area contributed by atoms with Crippen molar-refractivity contribution in [2.45, 2.75) is 38.6 Å². The number of amides is 1. The molecule has 2 heterocycles. The van der Waals surface area contributed by atoms with Gasteiger partial charge in [0.15, 0.2) is 0 Å². The molecular weight excluding hydrogens is 324 g/mol. The molecule has 1 atom stereocenters. The molecule has 1 aliphatic rings. The van der Waals surface area contributed by atoms with Gasteiger partial charge in [-0.15, -0.1) is 0 Å². The highest BCUT2D eigenvalue weighted by Crippen LogP contribution is 2.25. The van der Waals surface area contributed by atoms with Crippen molar-refractivity contribution in [2.75, 3.05) is 35.8 Å². The number of carbonyl (C=O) groups excluding carboxylic acids is 1. The van der Waals surface area contributed by atoms with Crippen LogP contribution in [-0.2, 0) is 0 Å². The number of carbonyl (C=O) groups is 1. The first-order chi connectivity index (χ1) is 12.6. The normalized spacial score (nSPS) is 17.0. The van der Waals surface area contributed by atoms with E-state index >= 15 is 0 Å². The molecule has 0 aliphatic carbocycles. The number of hydrogen-bond donors (Lipinski definition) is 1. The number of piperidine rings is 1. The fourth-order valence-electron chi connectivity index (χ4n) is 3.49. The predicted molar refractivity (Wildman–Crippen MR) is 108 cm³/mol. The summed E-state index contributed by atoms with van der Waals surface area (Å²) in [7, 11) is 3.99. The molecule has 5 nitrogen and oxygen atoms in total. The molecule has 0 radical (unpaired) electrons. The highest BCUT2D eigenvalue weighted by molar-refractivity contribution is 6.04. The molecule has 0 saturated carbocycles. The van der Waals surface area contributed by atoms with E-state index in [1.54, 1.807) is 12.3 Å². The number of aromatic nitrogens is 1. The summed E-state index contributed by atoms with van der Waals surface area (Å²) in [6.07, 6.45) is 6.51. The average molecular weight is 352 g/mol. The summed E-state index contributed by atoms with van der Waals surface area (Å²) in [5.74, 6) is 0.809. The van der Waals surface area contributed by atoms with Crippen molar-refractivity contribution in [3.8, 4) is 0 Å². The number of hydrogen-bond acceptors (Lipinski definition) is 4. The summed E-state index contributed by atoms with van der Waals surface area (Å²) < 4.78 is 0. The topological polar surface area (TPSA) is 48.5 Å². The Balaban J connectivity index is 1.73. The Morgan fingerprint density at radius 1 is 1.23 bits per heavy atom. The van der Waals surface area contributed by atoms with Gasteiger partial charge in [0, 0.05) is 49.8 Å². The van der Waals surface area contributed by atoms with Gasteiger partial charge in [0.05, 0.1) is 0 Å². The maximum atomic E-state index is 12.7. The summed E-state index contributed by atoms with van der Waals surface area (Å²) in [6, 6.07) is 12.0. The summed E-state index contributed by atoms with van der Waals surface area (Å²) in [5.41, 5.74) is 2.54. The lowest BCUT2D eigenvalue weighted by Gasteiger charge is -2.36. The van der Waals surface area contributed by atoms with E-state index in [2.05, 4.69) is 22.1 Å². The number of nitrogens with zero attached hydrogens (tertiary/aromatic N) is 3. The zero-order chi connectivity index (χ0) is 18.5. The summed E-state index contributed by atoms with van der Waals surface area (Å²) in [5, 5.41) is 2.98. The Morgan fingerprint density at radius 2 is 2.00 bits per heavy atom. The molecule has 0 spiro atoms. The maximum Gasteiger partial charge on any atom is 0.255 e. The molecule has 2 aromatic rings. The van der Waals surface area contributed by atoms with Crippen LogP contribution in [0, 0.1) is 0 Å². The highest BCUT2D eigenvalue weighted by atomic mass is 16.1. The molecule has 1 saturated heterocycles. The van der Waals surface area contributed by atoms with Gasteiger partial charge in [-0.2, -0.15) is 0 Å². The van der Waals surface area contributed by atoms with Crippen LogP contribution < -0.4 is 15.1 Å². The van der Waals surface area contributed by atoms with Crippen LogP contribution in [-0.4, -0.2) is 37.6 Å². The maximum absolute atomic E-state index is 12.7. The number of rotatable bonds is 5. The van der Waals surface area contributed by atoms with Crippen molar-refractivity contribution < 1.29 is 4.79 Å². The van der Waals surface area contributed by atoms with Gasteiger partial charge in [-0.1, -0.05) is 6.92 Å². The van der Waals surface area contributed by atoms with E-state index in [9.17, 15) is 4.79 Å². The summed E-state index contributed by atoms with van der Waals surface area (Å²) in [6.45, 7) is 3.24. The van der Waals surface area contributed by atoms with Gasteiger partial charge in [0.25, 0.3) is 5.91 Å². The van der Waals surface area contributed by atoms with Crippen LogP contribution in [0.15, 0.2) is 42.6 Å². The minimum absolute atomic E-state index is 0.101. The lowest BCUT2D eigenvalue weighted by atomic mass is 10.00. The smallest absolute Gasteiger partial charge is 0.255 e. The fourth-order valence-corrected chi connectivity index (χ4v) is 3.49. The molecule has 1 fully saturated rings. The van der Waals surface area contributed by atoms with E-state index < -0.39 is 0 Å². The minimum Gasteiger partial charge on any atom is -0.378 e. The molecular formula is C21H28N4O. The first-order valence-corrected chi connectivity index (χ1v) is 9.40. The van der Waals surface area contributed by atoms with Gasteiger partial charge in [-0.3, -0.25) is 4.79 Å². The molecule has 1 N–H and O–H groups in total. The van der Waals surface area contributed by atoms with Crippen LogP contribution >= 0.6 is 0 Å². The Morgan fingerprint density at radius 3 is 2.69 bits per heavy atom. The van der Waals surface area contributed by atoms with E-state index in [-0.39, 0.29) is 5.91 Å². The van der Waals surface area contributed by atoms with Crippen LogP contribution in [0.25, 0.3) is 0 Å². The molecule has 5 heteroatoms. The Hall–Kier alpha value is -2.56. The lowest BCUT2D eigenvalue weighted by Crippen LogP contribution is -2.39. The first kappa shape index (κ1) is 18.2. The van der Waals surface area contributed by atoms with Crippen LogP contribution in [0.4, 0.5) is 17.2 Å². The molecule has 0 bridgehead atoms. The number of nitrogens with one attached hydrogen (secondary N) is 1. The molecule has 1 aliphatic heterocycles. The zero-order valence-corrected chi connectivity index (χ0v) is 15.9. The van der Waals surface area contributed by atoms with E-state index in [1.807, 2.05) is 49.3 Å². The van der Waals surface area contributed by atoms with E-state index in [1.165, 1.54) is 19.3 Å². The van der Waals surface area contributed by atoms with E-state index in [0.29, 0.717) is 11.6 Å². The number of benzene rings is 1. The van der Waals surface area contributed by atoms with Crippen molar-refractivity contribution in [1.29, 1.82) is 0 Å². The standard InChI is InChI=1S/C21H28N4O/c1-4-18-7-5-6-14-25(18)20-15-16(12-13-22-20)21(26)23-17-8-10-19(11-9-17)24(2)3/h8-13,15,18H,4-7,14H2,1-3H3,(H,23,26). The Kier molecular flexibility index (Phi) is 5.76. The van der Waals surface area contributed by atoms with Crippen LogP contribution in [0.1, 0.15) is 43.0 Å². The van der Waals surface area contributed by atoms with Crippen molar-refractivity contribution >= 4 is 23.1 Å². The third kappa shape index (κ3) is 4.15. The lowest BCUT2D eigenvalue weighted by molar-refractivity contribution is 0.102. The SMILES string of the molecule is CCC1CCCCN1c1cc(C(=O)Nc2ccc(N(C)C)cc2)ccn1. The Bertz CT molecular complexity index is 742. The van der Waals surface area contributed by atoms with Gasteiger partial charge in [0.1, 0.15) is 5.82 Å². The summed E-state index contributed by atoms with van der Waals surface area (Å²) in [4.78, 5) is 21.6. The second-order valence-corrected chi connectivity index (χ2v) is 7.05. The molecule has 1 aromatic carbocycles. The predicted octanol–water partition coefficient (Wildman–Crippen LogP) is 4.17. The molecule has 26 heavy (non-hydrogen) atoms. The largest absolute Gasteiger partial charge is 0.378 e. The quantitative estimate of drug-likeness (QED) is 0.877. The minimum atomic E-state index is -0.101. The molecule has 138 valence electrons. The van der Waals surface area contributed by atoms with Gasteiger partial charge in [-0.25, -0.2) is 4.98 Å². The fraction of sp³-hybridized carbons (Fsp3) is 0.429. The zero-order valence-electron chi connectivity index (χ0n) is 15.9. The van der Waals surface area contributed by atoms with Crippen LogP contribution in [0.3, 0.4) is 0 Å². The highest BCUT2D eigenvalue weighted by Gasteiger charge is 2.22. The van der Waals surface area contributed by atoms with Gasteiger partial charge in [-0.05, 0) is 62.1 Å². The van der Waals surface area contributed by atoms with Gasteiger partial charge < -0.3 is 15.1 Å². The van der Waals surface area contributed by atoms with Crippen LogP contribution in [0.2, 0.25) is 0 Å². The average Bonchev–Trinajstić information content (AvgIpc) is 2.68. The molecule has 1 aromatic heterocycles. The third-order valence-corrected chi connectivity index (χ3v) is 5.04. The molecule has 1 amide bonds. The molecule has 1 unspecified atom stereocenters. The van der Waals surface area contributed by atoms with Gasteiger partial charge in [0.2, 0.25) is 0 Å². The van der Waals surface area contributed by atoms with Crippen molar-refractivity contribution in [3.63, 3.8) is 0 Å². The second kappa shape index (κ2) is 8.21. The molecule has 3 rings (SSSR count). The van der Waals surface area contributed by atoms with Crippen molar-refractivity contribution in [2.24, 2.45) is 0 Å².